The van der Waals surface area contributed by atoms with E-state index < -0.39 is 5.41 Å². The number of aromatic nitrogens is 1. The molecule has 73 heavy (non-hydrogen) atoms. The Hall–Kier alpha value is -9.18. The number of benzene rings is 11. The van der Waals surface area contributed by atoms with Crippen molar-refractivity contribution in [2.24, 2.45) is 0 Å². The molecule has 0 spiro atoms. The Morgan fingerprint density at radius 1 is 0.342 bits per heavy atom. The van der Waals surface area contributed by atoms with Gasteiger partial charge in [0.2, 0.25) is 0 Å². The van der Waals surface area contributed by atoms with Crippen LogP contribution < -0.4 is 4.90 Å². The fourth-order valence-corrected chi connectivity index (χ4v) is 13.0. The molecular formula is C70H48N2O. The van der Waals surface area contributed by atoms with E-state index in [-0.39, 0.29) is 5.41 Å². The predicted octanol–water partition coefficient (Wildman–Crippen LogP) is 18.5. The Balaban J connectivity index is 0.901. The predicted molar refractivity (Wildman–Crippen MR) is 303 cm³/mol. The van der Waals surface area contributed by atoms with Crippen LogP contribution in [0.5, 0.6) is 0 Å². The van der Waals surface area contributed by atoms with E-state index >= 15 is 0 Å². The molecule has 0 fully saturated rings. The Labute approximate surface area is 424 Å². The Bertz CT molecular complexity index is 4300. The van der Waals surface area contributed by atoms with Crippen LogP contribution in [-0.4, -0.2) is 4.57 Å². The smallest absolute Gasteiger partial charge is 0.135 e. The maximum absolute atomic E-state index is 6.34. The second-order valence-corrected chi connectivity index (χ2v) is 20.4. The van der Waals surface area contributed by atoms with Gasteiger partial charge in [0.1, 0.15) is 11.2 Å². The fraction of sp³-hybridized carbons (Fsp3) is 0.0571. The molecule has 13 aromatic rings. The van der Waals surface area contributed by atoms with E-state index in [2.05, 4.69) is 272 Å². The molecule has 0 aliphatic heterocycles. The molecule has 0 saturated carbocycles. The second kappa shape index (κ2) is 15.7. The van der Waals surface area contributed by atoms with E-state index in [9.17, 15) is 0 Å². The van der Waals surface area contributed by atoms with E-state index in [0.717, 1.165) is 50.3 Å². The van der Waals surface area contributed by atoms with Gasteiger partial charge in [-0.05, 0) is 152 Å². The van der Waals surface area contributed by atoms with Gasteiger partial charge in [0.05, 0.1) is 16.4 Å². The third-order valence-electron chi connectivity index (χ3n) is 16.3. The van der Waals surface area contributed by atoms with Crippen molar-refractivity contribution >= 4 is 60.8 Å². The molecule has 0 amide bonds. The van der Waals surface area contributed by atoms with Gasteiger partial charge in [-0.1, -0.05) is 184 Å². The highest BCUT2D eigenvalue weighted by atomic mass is 16.3. The Morgan fingerprint density at radius 3 is 1.62 bits per heavy atom. The fourth-order valence-electron chi connectivity index (χ4n) is 13.0. The summed E-state index contributed by atoms with van der Waals surface area (Å²) in [6.45, 7) is 4.69. The van der Waals surface area contributed by atoms with Crippen molar-refractivity contribution in [3.63, 3.8) is 0 Å². The average molecular weight is 933 g/mol. The highest BCUT2D eigenvalue weighted by molar-refractivity contribution is 6.11. The standard InChI is InChI=1S/C70H48N2O/c1-69(2)61-25-13-9-23-55(61)57-43-51(35-37-62(57)69)71(52-36-40-68-60(44-52)56-24-12-16-28-67(56)73-68)50-33-29-45(30-34-50)46-31-38-65-58(41-46)59-42-48(32-39-66(59)72(65)49-19-7-4-8-20-49)70(47-17-5-3-6-18-47)63-26-14-10-21-53(63)54-22-11-15-27-64(54)70/h3-44H,1-2H3. The van der Waals surface area contributed by atoms with Gasteiger partial charge in [0, 0.05) is 49.7 Å². The van der Waals surface area contributed by atoms with Crippen LogP contribution in [-0.2, 0) is 10.8 Å². The summed E-state index contributed by atoms with van der Waals surface area (Å²) in [5, 5.41) is 4.66. The van der Waals surface area contributed by atoms with E-state index in [1.165, 1.54) is 83.0 Å². The minimum atomic E-state index is -0.503. The molecule has 2 aliphatic carbocycles. The second-order valence-electron chi connectivity index (χ2n) is 20.4. The third-order valence-corrected chi connectivity index (χ3v) is 16.3. The third kappa shape index (κ3) is 6.00. The lowest BCUT2D eigenvalue weighted by Gasteiger charge is -2.34. The SMILES string of the molecule is CC1(C)c2ccccc2-c2cc(N(c3ccc(-c4ccc5c(c4)c4cc(C6(c7ccccc7)c7ccccc7-c7ccccc76)ccc4n5-c4ccccc4)cc3)c3ccc4oc5ccccc5c4c3)ccc21. The van der Waals surface area contributed by atoms with Crippen molar-refractivity contribution < 1.29 is 4.42 Å². The zero-order valence-electron chi connectivity index (χ0n) is 40.6. The Kier molecular flexibility index (Phi) is 8.92. The molecule has 0 N–H and O–H groups in total. The molecule has 15 rings (SSSR count). The molecule has 0 atom stereocenters. The summed E-state index contributed by atoms with van der Waals surface area (Å²) in [6.07, 6.45) is 0. The lowest BCUT2D eigenvalue weighted by molar-refractivity contribution is 0.660. The molecule has 2 aromatic heterocycles. The van der Waals surface area contributed by atoms with Crippen LogP contribution in [0.1, 0.15) is 47.2 Å². The normalized spacial score (nSPS) is 13.8. The van der Waals surface area contributed by atoms with Crippen molar-refractivity contribution in [2.75, 3.05) is 4.90 Å². The largest absolute Gasteiger partial charge is 0.456 e. The number of anilines is 3. The van der Waals surface area contributed by atoms with Crippen molar-refractivity contribution in [1.82, 2.24) is 4.57 Å². The number of para-hydroxylation sites is 2. The number of fused-ring (bicyclic) bond motifs is 12. The number of hydrogen-bond donors (Lipinski definition) is 0. The van der Waals surface area contributed by atoms with E-state index in [4.69, 9.17) is 4.42 Å². The van der Waals surface area contributed by atoms with Crippen molar-refractivity contribution in [3.8, 4) is 39.1 Å². The summed E-state index contributed by atoms with van der Waals surface area (Å²) in [7, 11) is 0. The van der Waals surface area contributed by atoms with E-state index in [1.54, 1.807) is 0 Å². The van der Waals surface area contributed by atoms with Gasteiger partial charge in [0.25, 0.3) is 0 Å². The molecule has 11 aromatic carbocycles. The monoisotopic (exact) mass is 932 g/mol. The lowest BCUT2D eigenvalue weighted by Crippen LogP contribution is -2.28. The van der Waals surface area contributed by atoms with Gasteiger partial charge >= 0.3 is 0 Å². The molecule has 3 heteroatoms. The summed E-state index contributed by atoms with van der Waals surface area (Å²) < 4.78 is 8.77. The molecule has 344 valence electrons. The van der Waals surface area contributed by atoms with Crippen LogP contribution in [0.4, 0.5) is 17.1 Å². The van der Waals surface area contributed by atoms with E-state index in [0.29, 0.717) is 0 Å². The summed E-state index contributed by atoms with van der Waals surface area (Å²) in [4.78, 5) is 2.40. The first kappa shape index (κ1) is 41.6. The molecule has 0 unspecified atom stereocenters. The number of hydrogen-bond acceptors (Lipinski definition) is 2. The van der Waals surface area contributed by atoms with Crippen LogP contribution in [0.2, 0.25) is 0 Å². The van der Waals surface area contributed by atoms with Gasteiger partial charge in [-0.3, -0.25) is 0 Å². The molecule has 0 bridgehead atoms. The molecule has 3 nitrogen and oxygen atoms in total. The number of nitrogens with zero attached hydrogens (tertiary/aromatic N) is 2. The molecule has 2 heterocycles. The summed E-state index contributed by atoms with van der Waals surface area (Å²) >= 11 is 0. The number of furan rings is 1. The van der Waals surface area contributed by atoms with Gasteiger partial charge in [-0.15, -0.1) is 0 Å². The average Bonchev–Trinajstić information content (AvgIpc) is 4.15. The highest BCUT2D eigenvalue weighted by Gasteiger charge is 2.46. The maximum atomic E-state index is 6.34. The summed E-state index contributed by atoms with van der Waals surface area (Å²) in [5.41, 5.74) is 23.3. The quantitative estimate of drug-likeness (QED) is 0.159. The Morgan fingerprint density at radius 2 is 0.877 bits per heavy atom. The van der Waals surface area contributed by atoms with Gasteiger partial charge < -0.3 is 13.9 Å². The zero-order valence-corrected chi connectivity index (χ0v) is 40.6. The first-order chi connectivity index (χ1) is 35.9. The van der Waals surface area contributed by atoms with Gasteiger partial charge in [0.15, 0.2) is 0 Å². The van der Waals surface area contributed by atoms with Gasteiger partial charge in [-0.2, -0.15) is 0 Å². The van der Waals surface area contributed by atoms with Crippen LogP contribution in [0.25, 0.3) is 82.8 Å². The van der Waals surface area contributed by atoms with Crippen molar-refractivity contribution in [3.05, 3.63) is 288 Å². The number of rotatable bonds is 7. The minimum absolute atomic E-state index is 0.0850. The molecule has 2 aliphatic rings. The van der Waals surface area contributed by atoms with Crippen LogP contribution in [0.15, 0.2) is 259 Å². The maximum Gasteiger partial charge on any atom is 0.135 e. The van der Waals surface area contributed by atoms with Crippen LogP contribution >= 0.6 is 0 Å². The highest BCUT2D eigenvalue weighted by Crippen LogP contribution is 2.57. The van der Waals surface area contributed by atoms with Gasteiger partial charge in [-0.25, -0.2) is 0 Å². The van der Waals surface area contributed by atoms with Crippen molar-refractivity contribution in [1.29, 1.82) is 0 Å². The molecule has 0 radical (unpaired) electrons. The summed E-state index contributed by atoms with van der Waals surface area (Å²) in [6, 6.07) is 94.2. The van der Waals surface area contributed by atoms with E-state index in [1.807, 2.05) is 6.07 Å². The zero-order chi connectivity index (χ0) is 48.4. The minimum Gasteiger partial charge on any atom is -0.456 e. The first-order valence-corrected chi connectivity index (χ1v) is 25.4. The van der Waals surface area contributed by atoms with Crippen LogP contribution in [0, 0.1) is 0 Å². The van der Waals surface area contributed by atoms with Crippen molar-refractivity contribution in [2.45, 2.75) is 24.7 Å². The summed E-state index contributed by atoms with van der Waals surface area (Å²) in [5.74, 6) is 0. The van der Waals surface area contributed by atoms with Crippen LogP contribution in [0.3, 0.4) is 0 Å². The molecule has 0 saturated heterocycles. The first-order valence-electron chi connectivity index (χ1n) is 25.4. The topological polar surface area (TPSA) is 21.3 Å². The lowest BCUT2D eigenvalue weighted by atomic mass is 9.67. The molecular weight excluding hydrogens is 885 g/mol.